The van der Waals surface area contributed by atoms with Gasteiger partial charge in [-0.3, -0.25) is 0 Å². The van der Waals surface area contributed by atoms with E-state index in [4.69, 9.17) is 0 Å². The van der Waals surface area contributed by atoms with Gasteiger partial charge >= 0.3 is 0 Å². The predicted molar refractivity (Wildman–Crippen MR) is 96.4 cm³/mol. The molecule has 1 unspecified atom stereocenters. The molecular weight excluding hydrogens is 252 g/mol. The van der Waals surface area contributed by atoms with Crippen molar-refractivity contribution in [1.82, 2.24) is 0 Å². The maximum atomic E-state index is 4.16. The third kappa shape index (κ3) is 6.98. The molecule has 0 aliphatic heterocycles. The third-order valence-electron chi connectivity index (χ3n) is 4.77. The van der Waals surface area contributed by atoms with Crippen LogP contribution in [0, 0.1) is 11.8 Å². The van der Waals surface area contributed by atoms with Gasteiger partial charge in [0, 0.05) is 0 Å². The molecule has 0 saturated carbocycles. The highest BCUT2D eigenvalue weighted by Crippen LogP contribution is 2.27. The molecule has 0 aromatic rings. The van der Waals surface area contributed by atoms with Crippen molar-refractivity contribution in [3.05, 3.63) is 47.1 Å². The summed E-state index contributed by atoms with van der Waals surface area (Å²) in [6.07, 6.45) is 14.4. The third-order valence-corrected chi connectivity index (χ3v) is 4.77. The van der Waals surface area contributed by atoms with E-state index >= 15 is 0 Å². The zero-order chi connectivity index (χ0) is 15.8. The van der Waals surface area contributed by atoms with E-state index in [1.807, 2.05) is 0 Å². The lowest BCUT2D eigenvalue weighted by Crippen LogP contribution is -2.02. The van der Waals surface area contributed by atoms with Crippen molar-refractivity contribution in [2.24, 2.45) is 11.8 Å². The van der Waals surface area contributed by atoms with Gasteiger partial charge in [-0.25, -0.2) is 0 Å². The molecule has 118 valence electrons. The fraction of sp³-hybridized carbons (Fsp3) is 0.619. The standard InChI is InChI=1S/C21H34/c1-16(2)19(5)13-10-17(3)8-7-9-20(6)21-14-11-18(4)12-15-21/h8,11,14,16,20H,5,7,9-10,12-13,15H2,1-4,6H3/b17-8+. The summed E-state index contributed by atoms with van der Waals surface area (Å²) >= 11 is 0. The molecule has 0 amide bonds. The first-order chi connectivity index (χ1) is 9.90. The summed E-state index contributed by atoms with van der Waals surface area (Å²) in [5, 5.41) is 0. The quantitative estimate of drug-likeness (QED) is 0.421. The van der Waals surface area contributed by atoms with E-state index in [9.17, 15) is 0 Å². The summed E-state index contributed by atoms with van der Waals surface area (Å²) in [4.78, 5) is 0. The van der Waals surface area contributed by atoms with Crippen LogP contribution in [0.25, 0.3) is 0 Å². The van der Waals surface area contributed by atoms with Gasteiger partial charge < -0.3 is 0 Å². The highest BCUT2D eigenvalue weighted by atomic mass is 14.2. The second-order valence-corrected chi connectivity index (χ2v) is 7.10. The Balaban J connectivity index is 2.31. The summed E-state index contributed by atoms with van der Waals surface area (Å²) < 4.78 is 0. The van der Waals surface area contributed by atoms with E-state index in [2.05, 4.69) is 59.4 Å². The molecular formula is C21H34. The Morgan fingerprint density at radius 3 is 2.48 bits per heavy atom. The molecule has 0 N–H and O–H groups in total. The van der Waals surface area contributed by atoms with E-state index < -0.39 is 0 Å². The van der Waals surface area contributed by atoms with Crippen LogP contribution in [0.5, 0.6) is 0 Å². The van der Waals surface area contributed by atoms with Crippen molar-refractivity contribution in [3.63, 3.8) is 0 Å². The van der Waals surface area contributed by atoms with Gasteiger partial charge in [0.1, 0.15) is 0 Å². The zero-order valence-electron chi connectivity index (χ0n) is 14.8. The Morgan fingerprint density at radius 2 is 1.90 bits per heavy atom. The van der Waals surface area contributed by atoms with E-state index in [0.29, 0.717) is 5.92 Å². The molecule has 0 fully saturated rings. The second-order valence-electron chi connectivity index (χ2n) is 7.10. The van der Waals surface area contributed by atoms with Crippen LogP contribution in [-0.4, -0.2) is 0 Å². The molecule has 0 spiro atoms. The summed E-state index contributed by atoms with van der Waals surface area (Å²) in [7, 11) is 0. The van der Waals surface area contributed by atoms with Crippen LogP contribution in [0.15, 0.2) is 47.1 Å². The maximum Gasteiger partial charge on any atom is -0.0225 e. The van der Waals surface area contributed by atoms with Gasteiger partial charge in [0.25, 0.3) is 0 Å². The van der Waals surface area contributed by atoms with Crippen LogP contribution >= 0.6 is 0 Å². The molecule has 0 nitrogen and oxygen atoms in total. The minimum Gasteiger partial charge on any atom is -0.0996 e. The molecule has 1 aliphatic carbocycles. The first kappa shape index (κ1) is 18.0. The molecule has 0 heteroatoms. The first-order valence-electron chi connectivity index (χ1n) is 8.59. The lowest BCUT2D eigenvalue weighted by Gasteiger charge is -2.18. The Labute approximate surface area is 132 Å². The summed E-state index contributed by atoms with van der Waals surface area (Å²) in [5.74, 6) is 1.34. The molecule has 21 heavy (non-hydrogen) atoms. The monoisotopic (exact) mass is 286 g/mol. The lowest BCUT2D eigenvalue weighted by atomic mass is 9.88. The molecule has 0 saturated heterocycles. The lowest BCUT2D eigenvalue weighted by molar-refractivity contribution is 0.589. The van der Waals surface area contributed by atoms with Crippen molar-refractivity contribution in [2.75, 3.05) is 0 Å². The fourth-order valence-electron chi connectivity index (χ4n) is 2.68. The van der Waals surface area contributed by atoms with Crippen molar-refractivity contribution >= 4 is 0 Å². The molecule has 1 atom stereocenters. The van der Waals surface area contributed by atoms with Crippen molar-refractivity contribution < 1.29 is 0 Å². The minimum absolute atomic E-state index is 0.618. The molecule has 0 radical (unpaired) electrons. The van der Waals surface area contributed by atoms with Crippen molar-refractivity contribution in [1.29, 1.82) is 0 Å². The maximum absolute atomic E-state index is 4.16. The molecule has 0 aromatic carbocycles. The Kier molecular flexibility index (Phi) is 7.78. The number of hydrogen-bond donors (Lipinski definition) is 0. The van der Waals surface area contributed by atoms with Gasteiger partial charge in [-0.2, -0.15) is 0 Å². The number of rotatable bonds is 8. The minimum atomic E-state index is 0.618. The van der Waals surface area contributed by atoms with Gasteiger partial charge in [-0.15, -0.1) is 0 Å². The van der Waals surface area contributed by atoms with Gasteiger partial charge in [-0.1, -0.05) is 67.9 Å². The summed E-state index contributed by atoms with van der Waals surface area (Å²) in [5.41, 5.74) is 6.06. The normalized spacial score (nSPS) is 17.5. The van der Waals surface area contributed by atoms with Gasteiger partial charge in [0.05, 0.1) is 0 Å². The average Bonchev–Trinajstić information content (AvgIpc) is 2.45. The molecule has 1 aliphatic rings. The highest BCUT2D eigenvalue weighted by Gasteiger charge is 2.10. The van der Waals surface area contributed by atoms with E-state index in [1.165, 1.54) is 48.8 Å². The smallest absolute Gasteiger partial charge is 0.0225 e. The Hall–Kier alpha value is -1.04. The molecule has 0 bridgehead atoms. The second kappa shape index (κ2) is 9.07. The van der Waals surface area contributed by atoms with E-state index in [0.717, 1.165) is 12.3 Å². The number of hydrogen-bond acceptors (Lipinski definition) is 0. The molecule has 1 rings (SSSR count). The van der Waals surface area contributed by atoms with Gasteiger partial charge in [0.2, 0.25) is 0 Å². The van der Waals surface area contributed by atoms with Crippen LogP contribution < -0.4 is 0 Å². The average molecular weight is 287 g/mol. The van der Waals surface area contributed by atoms with Crippen LogP contribution in [0.3, 0.4) is 0 Å². The summed E-state index contributed by atoms with van der Waals surface area (Å²) in [6, 6.07) is 0. The Bertz CT molecular complexity index is 429. The van der Waals surface area contributed by atoms with E-state index in [1.54, 1.807) is 5.57 Å². The van der Waals surface area contributed by atoms with Crippen LogP contribution in [0.4, 0.5) is 0 Å². The first-order valence-corrected chi connectivity index (χ1v) is 8.59. The predicted octanol–water partition coefficient (Wildman–Crippen LogP) is 7.01. The topological polar surface area (TPSA) is 0 Å². The van der Waals surface area contributed by atoms with E-state index in [-0.39, 0.29) is 0 Å². The summed E-state index contributed by atoms with van der Waals surface area (Å²) in [6.45, 7) is 15.5. The highest BCUT2D eigenvalue weighted by molar-refractivity contribution is 5.24. The van der Waals surface area contributed by atoms with Crippen LogP contribution in [0.1, 0.15) is 73.1 Å². The largest absolute Gasteiger partial charge is 0.0996 e. The van der Waals surface area contributed by atoms with Crippen LogP contribution in [0.2, 0.25) is 0 Å². The fourth-order valence-corrected chi connectivity index (χ4v) is 2.68. The van der Waals surface area contributed by atoms with Crippen molar-refractivity contribution in [3.8, 4) is 0 Å². The molecule has 0 aromatic heterocycles. The number of allylic oxidation sites excluding steroid dienone is 7. The van der Waals surface area contributed by atoms with Crippen molar-refractivity contribution in [2.45, 2.75) is 73.1 Å². The Morgan fingerprint density at radius 1 is 1.19 bits per heavy atom. The molecule has 0 heterocycles. The van der Waals surface area contributed by atoms with Gasteiger partial charge in [-0.05, 0) is 64.2 Å². The van der Waals surface area contributed by atoms with Gasteiger partial charge in [0.15, 0.2) is 0 Å². The van der Waals surface area contributed by atoms with Crippen LogP contribution in [-0.2, 0) is 0 Å². The zero-order valence-corrected chi connectivity index (χ0v) is 14.8. The SMILES string of the molecule is C=C(CC/C(C)=C/CCC(C)C1=CC=C(C)CC1)C(C)C.